The predicted octanol–water partition coefficient (Wildman–Crippen LogP) is 2.30. The van der Waals surface area contributed by atoms with Gasteiger partial charge in [0.15, 0.2) is 10.8 Å². The maximum Gasteiger partial charge on any atom is 0.313 e. The minimum Gasteiger partial charge on any atom is -0.481 e. The van der Waals surface area contributed by atoms with E-state index in [4.69, 9.17) is 5.11 Å². The molecule has 2 heterocycles. The molecular formula is C14H12N4O2S. The van der Waals surface area contributed by atoms with E-state index in [1.807, 2.05) is 35.8 Å². The van der Waals surface area contributed by atoms with Gasteiger partial charge < -0.3 is 5.11 Å². The number of carboxylic acid groups (broad SMARTS) is 1. The van der Waals surface area contributed by atoms with Crippen LogP contribution >= 0.6 is 11.8 Å². The number of rotatable bonds is 4. The molecule has 0 aliphatic carbocycles. The van der Waals surface area contributed by atoms with Crippen LogP contribution in [-0.2, 0) is 4.79 Å². The summed E-state index contributed by atoms with van der Waals surface area (Å²) in [5.41, 5.74) is 3.48. The standard InChI is InChI=1S/C14H12N4O2S/c1-9-2-4-10(5-3-9)18-8-16-11-6-15-14(17-13(11)18)21-7-12(19)20/h2-6,8H,7H2,1H3,(H,19,20). The molecule has 6 nitrogen and oxygen atoms in total. The summed E-state index contributed by atoms with van der Waals surface area (Å²) in [6.07, 6.45) is 3.30. The van der Waals surface area contributed by atoms with Crippen molar-refractivity contribution in [1.29, 1.82) is 0 Å². The Morgan fingerprint density at radius 2 is 2.05 bits per heavy atom. The third-order valence-corrected chi connectivity index (χ3v) is 3.75. The molecule has 0 atom stereocenters. The molecule has 0 amide bonds. The van der Waals surface area contributed by atoms with Gasteiger partial charge in [-0.15, -0.1) is 0 Å². The van der Waals surface area contributed by atoms with Crippen molar-refractivity contribution < 1.29 is 9.90 Å². The molecule has 0 unspecified atom stereocenters. The fourth-order valence-electron chi connectivity index (χ4n) is 1.88. The second-order valence-electron chi connectivity index (χ2n) is 4.49. The SMILES string of the molecule is Cc1ccc(-n2cnc3cnc(SCC(=O)O)nc32)cc1. The molecule has 0 spiro atoms. The van der Waals surface area contributed by atoms with Gasteiger partial charge in [-0.3, -0.25) is 9.36 Å². The molecule has 21 heavy (non-hydrogen) atoms. The van der Waals surface area contributed by atoms with Crippen LogP contribution in [-0.4, -0.2) is 36.3 Å². The van der Waals surface area contributed by atoms with Crippen LogP contribution in [0.2, 0.25) is 0 Å². The van der Waals surface area contributed by atoms with Crippen molar-refractivity contribution in [2.75, 3.05) is 5.75 Å². The van der Waals surface area contributed by atoms with Crippen LogP contribution in [0.1, 0.15) is 5.56 Å². The molecule has 0 aliphatic rings. The first-order valence-electron chi connectivity index (χ1n) is 6.25. The lowest BCUT2D eigenvalue weighted by molar-refractivity contribution is -0.133. The van der Waals surface area contributed by atoms with Gasteiger partial charge in [0.1, 0.15) is 11.8 Å². The van der Waals surface area contributed by atoms with Crippen LogP contribution < -0.4 is 0 Å². The minimum absolute atomic E-state index is 0.0653. The Morgan fingerprint density at radius 3 is 2.76 bits per heavy atom. The molecule has 0 saturated carbocycles. The molecule has 1 N–H and O–H groups in total. The minimum atomic E-state index is -0.893. The van der Waals surface area contributed by atoms with E-state index in [1.54, 1.807) is 12.5 Å². The van der Waals surface area contributed by atoms with E-state index >= 15 is 0 Å². The van der Waals surface area contributed by atoms with E-state index < -0.39 is 5.97 Å². The van der Waals surface area contributed by atoms with Crippen LogP contribution in [0.3, 0.4) is 0 Å². The number of aliphatic carboxylic acids is 1. The summed E-state index contributed by atoms with van der Waals surface area (Å²) in [5.74, 6) is -0.958. The van der Waals surface area contributed by atoms with Crippen molar-refractivity contribution in [3.63, 3.8) is 0 Å². The Kier molecular flexibility index (Phi) is 3.57. The number of aryl methyl sites for hydroxylation is 1. The normalized spacial score (nSPS) is 10.9. The number of hydrogen-bond donors (Lipinski definition) is 1. The molecule has 0 fully saturated rings. The topological polar surface area (TPSA) is 80.9 Å². The van der Waals surface area contributed by atoms with Crippen LogP contribution in [0.4, 0.5) is 0 Å². The number of thioether (sulfide) groups is 1. The first kappa shape index (κ1) is 13.6. The zero-order valence-electron chi connectivity index (χ0n) is 11.2. The molecule has 0 aliphatic heterocycles. The number of fused-ring (bicyclic) bond motifs is 1. The quantitative estimate of drug-likeness (QED) is 0.588. The average molecular weight is 300 g/mol. The van der Waals surface area contributed by atoms with Gasteiger partial charge in [-0.1, -0.05) is 29.5 Å². The molecule has 2 aromatic heterocycles. The summed E-state index contributed by atoms with van der Waals surface area (Å²) < 4.78 is 1.86. The molecule has 0 bridgehead atoms. The van der Waals surface area contributed by atoms with Crippen LogP contribution in [0.25, 0.3) is 16.9 Å². The molecule has 7 heteroatoms. The zero-order chi connectivity index (χ0) is 14.8. The van der Waals surface area contributed by atoms with E-state index in [-0.39, 0.29) is 5.75 Å². The van der Waals surface area contributed by atoms with Crippen molar-refractivity contribution >= 4 is 28.9 Å². The first-order valence-corrected chi connectivity index (χ1v) is 7.24. The Morgan fingerprint density at radius 1 is 1.29 bits per heavy atom. The van der Waals surface area contributed by atoms with Gasteiger partial charge in [-0.05, 0) is 19.1 Å². The van der Waals surface area contributed by atoms with E-state index in [9.17, 15) is 4.79 Å². The monoisotopic (exact) mass is 300 g/mol. The lowest BCUT2D eigenvalue weighted by Crippen LogP contribution is -2.00. The smallest absolute Gasteiger partial charge is 0.313 e. The predicted molar refractivity (Wildman–Crippen MR) is 79.8 cm³/mol. The second-order valence-corrected chi connectivity index (χ2v) is 5.44. The number of nitrogens with zero attached hydrogens (tertiary/aromatic N) is 4. The van der Waals surface area contributed by atoms with Gasteiger partial charge in [0.05, 0.1) is 11.9 Å². The van der Waals surface area contributed by atoms with Gasteiger partial charge in [0.2, 0.25) is 0 Å². The summed E-state index contributed by atoms with van der Waals surface area (Å²) in [7, 11) is 0. The van der Waals surface area contributed by atoms with Gasteiger partial charge in [-0.2, -0.15) is 0 Å². The Hall–Kier alpha value is -2.41. The van der Waals surface area contributed by atoms with Gasteiger partial charge in [-0.25, -0.2) is 15.0 Å². The average Bonchev–Trinajstić information content (AvgIpc) is 2.89. The molecular weight excluding hydrogens is 288 g/mol. The van der Waals surface area contributed by atoms with E-state index in [0.29, 0.717) is 16.3 Å². The summed E-state index contributed by atoms with van der Waals surface area (Å²) in [5, 5.41) is 9.14. The highest BCUT2D eigenvalue weighted by molar-refractivity contribution is 7.99. The second kappa shape index (κ2) is 5.53. The van der Waals surface area contributed by atoms with E-state index in [2.05, 4.69) is 15.0 Å². The van der Waals surface area contributed by atoms with Crippen LogP contribution in [0, 0.1) is 6.92 Å². The fourth-order valence-corrected chi connectivity index (χ4v) is 2.41. The van der Waals surface area contributed by atoms with Crippen molar-refractivity contribution in [2.45, 2.75) is 12.1 Å². The third-order valence-electron chi connectivity index (χ3n) is 2.91. The lowest BCUT2D eigenvalue weighted by atomic mass is 10.2. The van der Waals surface area contributed by atoms with E-state index in [1.165, 1.54) is 5.56 Å². The molecule has 106 valence electrons. The fraction of sp³-hybridized carbons (Fsp3) is 0.143. The Bertz CT molecular complexity index is 798. The highest BCUT2D eigenvalue weighted by atomic mass is 32.2. The molecule has 3 aromatic rings. The zero-order valence-corrected chi connectivity index (χ0v) is 12.0. The van der Waals surface area contributed by atoms with Crippen molar-refractivity contribution in [2.24, 2.45) is 0 Å². The number of hydrogen-bond acceptors (Lipinski definition) is 5. The third kappa shape index (κ3) is 2.87. The van der Waals surface area contributed by atoms with E-state index in [0.717, 1.165) is 17.4 Å². The number of benzene rings is 1. The first-order chi connectivity index (χ1) is 10.1. The van der Waals surface area contributed by atoms with Crippen molar-refractivity contribution in [3.8, 4) is 5.69 Å². The van der Waals surface area contributed by atoms with Crippen LogP contribution in [0.5, 0.6) is 0 Å². The van der Waals surface area contributed by atoms with Gasteiger partial charge >= 0.3 is 5.97 Å². The van der Waals surface area contributed by atoms with Crippen molar-refractivity contribution in [3.05, 3.63) is 42.4 Å². The molecule has 0 saturated heterocycles. The number of carbonyl (C=O) groups is 1. The largest absolute Gasteiger partial charge is 0.481 e. The molecule has 3 rings (SSSR count). The highest BCUT2D eigenvalue weighted by Crippen LogP contribution is 2.19. The highest BCUT2D eigenvalue weighted by Gasteiger charge is 2.09. The summed E-state index contributed by atoms with van der Waals surface area (Å²) >= 11 is 1.09. The number of aromatic nitrogens is 4. The lowest BCUT2D eigenvalue weighted by Gasteiger charge is -2.04. The number of carboxylic acids is 1. The van der Waals surface area contributed by atoms with Crippen LogP contribution in [0.15, 0.2) is 41.9 Å². The summed E-state index contributed by atoms with van der Waals surface area (Å²) in [6, 6.07) is 8.01. The Labute approximate surface area is 124 Å². The maximum atomic E-state index is 10.6. The molecule has 0 radical (unpaired) electrons. The Balaban J connectivity index is 2.01. The van der Waals surface area contributed by atoms with Gasteiger partial charge in [0.25, 0.3) is 0 Å². The van der Waals surface area contributed by atoms with Gasteiger partial charge in [0, 0.05) is 5.69 Å². The number of imidazole rings is 1. The molecule has 1 aromatic carbocycles. The summed E-state index contributed by atoms with van der Waals surface area (Å²) in [4.78, 5) is 23.4. The van der Waals surface area contributed by atoms with Crippen molar-refractivity contribution in [1.82, 2.24) is 19.5 Å². The maximum absolute atomic E-state index is 10.6. The summed E-state index contributed by atoms with van der Waals surface area (Å²) in [6.45, 7) is 2.03.